The number of ether oxygens (including phenoxy) is 1. The zero-order chi connectivity index (χ0) is 21.1. The molecule has 1 N–H and O–H groups in total. The highest BCUT2D eigenvalue weighted by atomic mass is 19.1. The van der Waals surface area contributed by atoms with Gasteiger partial charge in [0.25, 0.3) is 0 Å². The van der Waals surface area contributed by atoms with E-state index in [9.17, 15) is 14.0 Å². The smallest absolute Gasteiger partial charge is 0.248 e. The van der Waals surface area contributed by atoms with E-state index in [1.807, 2.05) is 4.90 Å². The summed E-state index contributed by atoms with van der Waals surface area (Å²) in [6.07, 6.45) is 4.48. The topological polar surface area (TPSA) is 61.9 Å². The number of hydrogen-bond donors (Lipinski definition) is 1. The molecule has 2 rings (SSSR count). The van der Waals surface area contributed by atoms with Crippen LogP contribution in [0.1, 0.15) is 39.5 Å². The second kappa shape index (κ2) is 12.4. The molecule has 1 atom stereocenters. The molecule has 0 bridgehead atoms. The zero-order valence-electron chi connectivity index (χ0n) is 17.7. The molecule has 1 aliphatic heterocycles. The molecule has 1 fully saturated rings. The van der Waals surface area contributed by atoms with Crippen molar-refractivity contribution in [2.24, 2.45) is 5.92 Å². The van der Waals surface area contributed by atoms with E-state index in [1.165, 1.54) is 12.5 Å². The first-order valence-corrected chi connectivity index (χ1v) is 10.7. The molecule has 1 aliphatic rings. The number of anilines is 1. The van der Waals surface area contributed by atoms with Gasteiger partial charge < -0.3 is 19.9 Å². The van der Waals surface area contributed by atoms with E-state index < -0.39 is 0 Å². The first-order chi connectivity index (χ1) is 14.0. The highest BCUT2D eigenvalue weighted by molar-refractivity contribution is 5.79. The predicted octanol–water partition coefficient (Wildman–Crippen LogP) is 2.82. The summed E-state index contributed by atoms with van der Waals surface area (Å²) in [5.41, 5.74) is 0.567. The van der Waals surface area contributed by atoms with Crippen LogP contribution in [0.3, 0.4) is 0 Å². The van der Waals surface area contributed by atoms with Gasteiger partial charge in [0.15, 0.2) is 0 Å². The lowest BCUT2D eigenvalue weighted by Crippen LogP contribution is -2.50. The van der Waals surface area contributed by atoms with Gasteiger partial charge in [0.05, 0.1) is 5.69 Å². The zero-order valence-corrected chi connectivity index (χ0v) is 17.7. The lowest BCUT2D eigenvalue weighted by Gasteiger charge is -2.36. The fourth-order valence-corrected chi connectivity index (χ4v) is 3.48. The minimum atomic E-state index is -0.248. The molecule has 1 aromatic carbocycles. The van der Waals surface area contributed by atoms with Crippen molar-refractivity contribution in [2.45, 2.75) is 39.5 Å². The second-order valence-electron chi connectivity index (χ2n) is 7.53. The van der Waals surface area contributed by atoms with E-state index >= 15 is 0 Å². The van der Waals surface area contributed by atoms with Crippen LogP contribution in [-0.2, 0) is 14.3 Å². The Morgan fingerprint density at radius 1 is 1.14 bits per heavy atom. The maximum atomic E-state index is 13.9. The summed E-state index contributed by atoms with van der Waals surface area (Å²) >= 11 is 0. The number of carbonyl (C=O) groups excluding carboxylic acids is 2. The first kappa shape index (κ1) is 23.1. The van der Waals surface area contributed by atoms with Gasteiger partial charge in [-0.1, -0.05) is 45.2 Å². The normalized spacial score (nSPS) is 15.3. The molecular weight excluding hydrogens is 373 g/mol. The number of carbonyl (C=O) groups is 2. The van der Waals surface area contributed by atoms with Crippen LogP contribution >= 0.6 is 0 Å². The molecule has 7 heteroatoms. The molecule has 162 valence electrons. The summed E-state index contributed by atoms with van der Waals surface area (Å²) in [5.74, 6) is -0.0783. The van der Waals surface area contributed by atoms with Crippen molar-refractivity contribution in [3.8, 4) is 0 Å². The van der Waals surface area contributed by atoms with Crippen molar-refractivity contribution in [1.82, 2.24) is 10.2 Å². The number of benzene rings is 1. The number of nitrogens with one attached hydrogen (secondary N) is 1. The third-order valence-electron chi connectivity index (χ3n) is 5.42. The third kappa shape index (κ3) is 7.65. The maximum absolute atomic E-state index is 13.9. The highest BCUT2D eigenvalue weighted by Gasteiger charge is 2.22. The van der Waals surface area contributed by atoms with Gasteiger partial charge in [0, 0.05) is 32.7 Å². The average molecular weight is 408 g/mol. The lowest BCUT2D eigenvalue weighted by atomic mass is 9.99. The van der Waals surface area contributed by atoms with Crippen molar-refractivity contribution in [3.63, 3.8) is 0 Å². The molecule has 0 unspecified atom stereocenters. The Kier molecular flexibility index (Phi) is 9.91. The Morgan fingerprint density at radius 3 is 2.52 bits per heavy atom. The molecule has 0 saturated carbocycles. The van der Waals surface area contributed by atoms with Crippen LogP contribution in [0.5, 0.6) is 0 Å². The molecule has 1 saturated heterocycles. The highest BCUT2D eigenvalue weighted by Crippen LogP contribution is 2.20. The minimum Gasteiger partial charge on any atom is -0.366 e. The van der Waals surface area contributed by atoms with Gasteiger partial charge in [-0.15, -0.1) is 0 Å². The molecular formula is C22H34FN3O3. The first-order valence-electron chi connectivity index (χ1n) is 10.7. The van der Waals surface area contributed by atoms with Crippen molar-refractivity contribution >= 4 is 17.5 Å². The van der Waals surface area contributed by atoms with Crippen molar-refractivity contribution in [3.05, 3.63) is 30.1 Å². The van der Waals surface area contributed by atoms with Crippen LogP contribution in [0.4, 0.5) is 10.1 Å². The lowest BCUT2D eigenvalue weighted by molar-refractivity contribution is -0.138. The summed E-state index contributed by atoms with van der Waals surface area (Å²) in [4.78, 5) is 27.9. The van der Waals surface area contributed by atoms with E-state index in [2.05, 4.69) is 19.2 Å². The van der Waals surface area contributed by atoms with Crippen molar-refractivity contribution in [2.75, 3.05) is 50.8 Å². The third-order valence-corrected chi connectivity index (χ3v) is 5.42. The molecule has 0 aliphatic carbocycles. The molecule has 1 heterocycles. The van der Waals surface area contributed by atoms with Gasteiger partial charge >= 0.3 is 0 Å². The van der Waals surface area contributed by atoms with Crippen LogP contribution in [-0.4, -0.2) is 62.7 Å². The summed E-state index contributed by atoms with van der Waals surface area (Å²) in [7, 11) is 0. The summed E-state index contributed by atoms with van der Waals surface area (Å²) in [6.45, 7) is 6.91. The van der Waals surface area contributed by atoms with Gasteiger partial charge in [-0.3, -0.25) is 9.59 Å². The number of halogens is 1. The maximum Gasteiger partial charge on any atom is 0.248 e. The number of amides is 2. The molecule has 29 heavy (non-hydrogen) atoms. The van der Waals surface area contributed by atoms with E-state index in [0.29, 0.717) is 44.3 Å². The van der Waals surface area contributed by atoms with Crippen LogP contribution in [0.2, 0.25) is 0 Å². The molecule has 0 radical (unpaired) electrons. The Morgan fingerprint density at radius 2 is 1.86 bits per heavy atom. The van der Waals surface area contributed by atoms with E-state index in [-0.39, 0.29) is 30.8 Å². The molecule has 0 aromatic heterocycles. The summed E-state index contributed by atoms with van der Waals surface area (Å²) in [5, 5.41) is 2.89. The van der Waals surface area contributed by atoms with Crippen LogP contribution in [0.25, 0.3) is 0 Å². The fourth-order valence-electron chi connectivity index (χ4n) is 3.48. The number of rotatable bonds is 11. The fraction of sp³-hybridized carbons (Fsp3) is 0.636. The summed E-state index contributed by atoms with van der Waals surface area (Å²) in [6, 6.07) is 6.67. The van der Waals surface area contributed by atoms with E-state index in [0.717, 1.165) is 19.3 Å². The SMILES string of the molecule is CCCC[C@H](CC)CNC(=O)COCC(=O)N1CCN(c2ccccc2F)CC1. The Labute approximate surface area is 173 Å². The van der Waals surface area contributed by atoms with Crippen molar-refractivity contribution in [1.29, 1.82) is 0 Å². The number of hydrogen-bond acceptors (Lipinski definition) is 4. The standard InChI is InChI=1S/C22H34FN3O3/c1-3-5-8-18(4-2)15-24-21(27)16-29-17-22(28)26-13-11-25(12-14-26)20-10-7-6-9-19(20)23/h6-7,9-10,18H,3-5,8,11-17H2,1-2H3,(H,24,27)/t18-/m0/s1. The van der Waals surface area contributed by atoms with Crippen LogP contribution < -0.4 is 10.2 Å². The van der Waals surface area contributed by atoms with Crippen LogP contribution in [0, 0.1) is 11.7 Å². The van der Waals surface area contributed by atoms with E-state index in [4.69, 9.17) is 4.74 Å². The Balaban J connectivity index is 1.63. The quantitative estimate of drug-likeness (QED) is 0.613. The van der Waals surface area contributed by atoms with Gasteiger partial charge in [-0.25, -0.2) is 4.39 Å². The van der Waals surface area contributed by atoms with Crippen molar-refractivity contribution < 1.29 is 18.7 Å². The molecule has 2 amide bonds. The summed E-state index contributed by atoms with van der Waals surface area (Å²) < 4.78 is 19.2. The second-order valence-corrected chi connectivity index (χ2v) is 7.53. The molecule has 6 nitrogen and oxygen atoms in total. The average Bonchev–Trinajstić information content (AvgIpc) is 2.74. The van der Waals surface area contributed by atoms with Crippen LogP contribution in [0.15, 0.2) is 24.3 Å². The Hall–Kier alpha value is -2.15. The van der Waals surface area contributed by atoms with Gasteiger partial charge in [0.2, 0.25) is 11.8 Å². The number of para-hydroxylation sites is 1. The molecule has 0 spiro atoms. The van der Waals surface area contributed by atoms with Gasteiger partial charge in [-0.05, 0) is 24.5 Å². The number of unbranched alkanes of at least 4 members (excludes halogenated alkanes) is 1. The number of nitrogens with zero attached hydrogens (tertiary/aromatic N) is 2. The van der Waals surface area contributed by atoms with Gasteiger partial charge in [0.1, 0.15) is 19.0 Å². The van der Waals surface area contributed by atoms with E-state index in [1.54, 1.807) is 23.1 Å². The number of piperazine rings is 1. The van der Waals surface area contributed by atoms with Gasteiger partial charge in [-0.2, -0.15) is 0 Å². The largest absolute Gasteiger partial charge is 0.366 e. The molecule has 1 aromatic rings. The monoisotopic (exact) mass is 407 g/mol. The predicted molar refractivity (Wildman–Crippen MR) is 112 cm³/mol. The minimum absolute atomic E-state index is 0.106. The Bertz CT molecular complexity index is 648.